The molecule has 0 aliphatic carbocycles. The molecule has 0 unspecified atom stereocenters. The van der Waals surface area contributed by atoms with E-state index in [2.05, 4.69) is 5.32 Å². The molecule has 15 heavy (non-hydrogen) atoms. The first kappa shape index (κ1) is 9.98. The Balaban J connectivity index is 2.12. The van der Waals surface area contributed by atoms with E-state index in [-0.39, 0.29) is 5.91 Å². The number of carbonyl (C=O) groups excluding carboxylic acids is 1. The highest BCUT2D eigenvalue weighted by Crippen LogP contribution is 2.32. The lowest BCUT2D eigenvalue weighted by atomic mass is 10.1. The fourth-order valence-electron chi connectivity index (χ4n) is 1.61. The van der Waals surface area contributed by atoms with Crippen LogP contribution in [0.15, 0.2) is 18.2 Å². The third-order valence-corrected chi connectivity index (χ3v) is 2.33. The van der Waals surface area contributed by atoms with Gasteiger partial charge in [0.05, 0.1) is 18.7 Å². The summed E-state index contributed by atoms with van der Waals surface area (Å²) in [6.45, 7) is 1.20. The summed E-state index contributed by atoms with van der Waals surface area (Å²) in [4.78, 5) is 11.2. The van der Waals surface area contributed by atoms with Gasteiger partial charge in [0.2, 0.25) is 5.91 Å². The van der Waals surface area contributed by atoms with Gasteiger partial charge in [0.25, 0.3) is 0 Å². The predicted molar refractivity (Wildman–Crippen MR) is 57.9 cm³/mol. The lowest BCUT2D eigenvalue weighted by Crippen LogP contribution is -2.08. The Kier molecular flexibility index (Phi) is 2.87. The van der Waals surface area contributed by atoms with Crippen LogP contribution in [-0.2, 0) is 11.2 Å². The molecule has 0 saturated heterocycles. The van der Waals surface area contributed by atoms with Crippen molar-refractivity contribution in [3.05, 3.63) is 23.8 Å². The van der Waals surface area contributed by atoms with Gasteiger partial charge in [-0.15, -0.1) is 0 Å². The van der Waals surface area contributed by atoms with Crippen molar-refractivity contribution in [2.24, 2.45) is 5.73 Å². The largest absolute Gasteiger partial charge is 0.491 e. The van der Waals surface area contributed by atoms with Gasteiger partial charge in [0.1, 0.15) is 5.75 Å². The molecular formula is C11H14N2O2. The summed E-state index contributed by atoms with van der Waals surface area (Å²) in [7, 11) is 0. The molecule has 2 rings (SSSR count). The maximum absolute atomic E-state index is 11.2. The molecule has 3 N–H and O–H groups in total. The molecule has 4 heteroatoms. The summed E-state index contributed by atoms with van der Waals surface area (Å²) in [5.41, 5.74) is 7.20. The minimum absolute atomic E-state index is 0.0277. The van der Waals surface area contributed by atoms with Crippen molar-refractivity contribution >= 4 is 11.6 Å². The summed E-state index contributed by atoms with van der Waals surface area (Å²) in [6.07, 6.45) is 1.26. The predicted octanol–water partition coefficient (Wildman–Crippen LogP) is 0.909. The van der Waals surface area contributed by atoms with Crippen LogP contribution >= 0.6 is 0 Å². The molecule has 0 spiro atoms. The maximum Gasteiger partial charge on any atom is 0.228 e. The average molecular weight is 206 g/mol. The van der Waals surface area contributed by atoms with Gasteiger partial charge in [-0.2, -0.15) is 0 Å². The number of hydrogen-bond acceptors (Lipinski definition) is 3. The fourth-order valence-corrected chi connectivity index (χ4v) is 1.61. The zero-order valence-electron chi connectivity index (χ0n) is 8.45. The monoisotopic (exact) mass is 206 g/mol. The minimum atomic E-state index is 0.0277. The first-order chi connectivity index (χ1) is 7.31. The van der Waals surface area contributed by atoms with Gasteiger partial charge in [-0.05, 0) is 24.6 Å². The highest BCUT2D eigenvalue weighted by Gasteiger charge is 2.20. The van der Waals surface area contributed by atoms with Crippen molar-refractivity contribution in [2.45, 2.75) is 12.8 Å². The van der Waals surface area contributed by atoms with Gasteiger partial charge >= 0.3 is 0 Å². The number of ether oxygens (including phenoxy) is 1. The molecule has 80 valence electrons. The van der Waals surface area contributed by atoms with Crippen LogP contribution in [0.2, 0.25) is 0 Å². The number of amides is 1. The summed E-state index contributed by atoms with van der Waals surface area (Å²) in [5, 5.41) is 2.80. The minimum Gasteiger partial charge on any atom is -0.491 e. The molecule has 0 radical (unpaired) electrons. The van der Waals surface area contributed by atoms with Crippen LogP contribution in [0.5, 0.6) is 5.75 Å². The Morgan fingerprint density at radius 3 is 3.13 bits per heavy atom. The zero-order valence-corrected chi connectivity index (χ0v) is 8.45. The van der Waals surface area contributed by atoms with Gasteiger partial charge < -0.3 is 15.8 Å². The quantitative estimate of drug-likeness (QED) is 0.720. The summed E-state index contributed by atoms with van der Waals surface area (Å²) >= 11 is 0. The van der Waals surface area contributed by atoms with Crippen LogP contribution in [0.4, 0.5) is 5.69 Å². The lowest BCUT2D eigenvalue weighted by Gasteiger charge is -2.09. The second-order valence-corrected chi connectivity index (χ2v) is 3.51. The van der Waals surface area contributed by atoms with E-state index in [1.165, 1.54) is 0 Å². The topological polar surface area (TPSA) is 64.3 Å². The van der Waals surface area contributed by atoms with Crippen molar-refractivity contribution in [3.63, 3.8) is 0 Å². The van der Waals surface area contributed by atoms with E-state index in [9.17, 15) is 4.79 Å². The van der Waals surface area contributed by atoms with Gasteiger partial charge in [-0.25, -0.2) is 0 Å². The number of nitrogens with two attached hydrogens (primary N) is 1. The van der Waals surface area contributed by atoms with E-state index in [0.29, 0.717) is 19.6 Å². The number of hydrogen-bond donors (Lipinski definition) is 2. The molecule has 1 aromatic rings. The third kappa shape index (κ3) is 2.10. The number of anilines is 1. The second kappa shape index (κ2) is 4.31. The Morgan fingerprint density at radius 1 is 1.47 bits per heavy atom. The van der Waals surface area contributed by atoms with Crippen LogP contribution in [0.25, 0.3) is 0 Å². The van der Waals surface area contributed by atoms with Gasteiger partial charge in [0, 0.05) is 0 Å². The normalized spacial score (nSPS) is 13.5. The molecular weight excluding hydrogens is 192 g/mol. The van der Waals surface area contributed by atoms with Gasteiger partial charge in [-0.1, -0.05) is 12.1 Å². The number of nitrogens with one attached hydrogen (secondary N) is 1. The molecule has 1 aromatic carbocycles. The number of fused-ring (bicyclic) bond motifs is 1. The van der Waals surface area contributed by atoms with E-state index in [1.807, 2.05) is 18.2 Å². The highest BCUT2D eigenvalue weighted by molar-refractivity contribution is 6.00. The summed E-state index contributed by atoms with van der Waals surface area (Å²) in [6, 6.07) is 5.70. The van der Waals surface area contributed by atoms with Crippen molar-refractivity contribution in [3.8, 4) is 5.75 Å². The highest BCUT2D eigenvalue weighted by atomic mass is 16.5. The molecule has 4 nitrogen and oxygen atoms in total. The molecule has 0 bridgehead atoms. The van der Waals surface area contributed by atoms with Crippen LogP contribution in [-0.4, -0.2) is 19.1 Å². The molecule has 0 aromatic heterocycles. The molecule has 1 aliphatic rings. The molecule has 1 amide bonds. The van der Waals surface area contributed by atoms with E-state index in [4.69, 9.17) is 10.5 Å². The molecule has 1 aliphatic heterocycles. The van der Waals surface area contributed by atoms with E-state index < -0.39 is 0 Å². The lowest BCUT2D eigenvalue weighted by molar-refractivity contribution is -0.115. The number of benzene rings is 1. The second-order valence-electron chi connectivity index (χ2n) is 3.51. The number of para-hydroxylation sites is 1. The molecule has 1 heterocycles. The summed E-state index contributed by atoms with van der Waals surface area (Å²) in [5.74, 6) is 0.770. The first-order valence-electron chi connectivity index (χ1n) is 5.06. The average Bonchev–Trinajstić information content (AvgIpc) is 2.59. The van der Waals surface area contributed by atoms with E-state index >= 15 is 0 Å². The maximum atomic E-state index is 11.2. The standard InChI is InChI=1S/C11H14N2O2/c12-5-2-6-15-9-4-1-3-8-7-10(14)13-11(8)9/h1,3-4H,2,5-7,12H2,(H,13,14). The van der Waals surface area contributed by atoms with Gasteiger partial charge in [-0.3, -0.25) is 4.79 Å². The smallest absolute Gasteiger partial charge is 0.228 e. The Morgan fingerprint density at radius 2 is 2.33 bits per heavy atom. The Bertz CT molecular complexity index is 377. The van der Waals surface area contributed by atoms with Crippen molar-refractivity contribution in [2.75, 3.05) is 18.5 Å². The zero-order chi connectivity index (χ0) is 10.7. The SMILES string of the molecule is NCCCOc1cccc2c1NC(=O)C2. The van der Waals surface area contributed by atoms with Crippen molar-refractivity contribution in [1.82, 2.24) is 0 Å². The van der Waals surface area contributed by atoms with Crippen molar-refractivity contribution in [1.29, 1.82) is 0 Å². The molecule has 0 atom stereocenters. The Hall–Kier alpha value is -1.55. The van der Waals surface area contributed by atoms with Gasteiger partial charge in [0.15, 0.2) is 0 Å². The van der Waals surface area contributed by atoms with Crippen molar-refractivity contribution < 1.29 is 9.53 Å². The Labute approximate surface area is 88.4 Å². The fraction of sp³-hybridized carbons (Fsp3) is 0.364. The van der Waals surface area contributed by atoms with Crippen LogP contribution in [0.3, 0.4) is 0 Å². The number of carbonyl (C=O) groups is 1. The van der Waals surface area contributed by atoms with E-state index in [0.717, 1.165) is 23.4 Å². The van der Waals surface area contributed by atoms with E-state index in [1.54, 1.807) is 0 Å². The van der Waals surface area contributed by atoms with Crippen LogP contribution in [0.1, 0.15) is 12.0 Å². The molecule has 0 saturated carbocycles. The van der Waals surface area contributed by atoms with Crippen LogP contribution < -0.4 is 15.8 Å². The molecule has 0 fully saturated rings. The summed E-state index contributed by atoms with van der Waals surface area (Å²) < 4.78 is 5.54. The third-order valence-electron chi connectivity index (χ3n) is 2.33. The van der Waals surface area contributed by atoms with Crippen LogP contribution in [0, 0.1) is 0 Å². The number of rotatable bonds is 4. The first-order valence-corrected chi connectivity index (χ1v) is 5.06.